The van der Waals surface area contributed by atoms with Gasteiger partial charge in [-0.1, -0.05) is 72.8 Å². The summed E-state index contributed by atoms with van der Waals surface area (Å²) in [5.74, 6) is -0.217. The molecule has 0 aliphatic heterocycles. The number of hydrogen-bond acceptors (Lipinski definition) is 3. The summed E-state index contributed by atoms with van der Waals surface area (Å²) in [5.41, 5.74) is 3.34. The van der Waals surface area contributed by atoms with Gasteiger partial charge >= 0.3 is 5.97 Å². The summed E-state index contributed by atoms with van der Waals surface area (Å²) in [4.78, 5) is 16.6. The van der Waals surface area contributed by atoms with Gasteiger partial charge in [-0.15, -0.1) is 0 Å². The van der Waals surface area contributed by atoms with E-state index >= 15 is 0 Å². The molecule has 4 heteroatoms. The van der Waals surface area contributed by atoms with Gasteiger partial charge in [-0.25, -0.2) is 4.79 Å². The molecule has 0 saturated carbocycles. The molecule has 0 fully saturated rings. The summed E-state index contributed by atoms with van der Waals surface area (Å²) in [6.45, 7) is 2.49. The Labute approximate surface area is 165 Å². The summed E-state index contributed by atoms with van der Waals surface area (Å²) >= 11 is 0. The second kappa shape index (κ2) is 9.51. The van der Waals surface area contributed by atoms with E-state index in [2.05, 4.69) is 4.99 Å². The Morgan fingerprint density at radius 3 is 2.07 bits per heavy atom. The Kier molecular flexibility index (Phi) is 6.58. The average molecular weight is 373 g/mol. The maximum Gasteiger partial charge on any atom is 0.328 e. The van der Waals surface area contributed by atoms with Crippen LogP contribution in [-0.2, 0) is 11.2 Å². The fourth-order valence-corrected chi connectivity index (χ4v) is 3.00. The molecular weight excluding hydrogens is 350 g/mol. The third kappa shape index (κ3) is 5.07. The van der Waals surface area contributed by atoms with Crippen LogP contribution in [0.1, 0.15) is 23.6 Å². The van der Waals surface area contributed by atoms with Crippen molar-refractivity contribution in [1.29, 1.82) is 0 Å². The lowest BCUT2D eigenvalue weighted by atomic mass is 10.0. The standard InChI is InChI=1S/C24H23NO3/c1-2-28-21-15-9-10-18(16-21)17-22(24(26)27)25-23(19-11-5-3-6-12-19)20-13-7-4-8-14-20/h3-16,22H,2,17H2,1H3,(H,26,27). The van der Waals surface area contributed by atoms with Crippen LogP contribution in [0.5, 0.6) is 5.75 Å². The molecule has 0 amide bonds. The summed E-state index contributed by atoms with van der Waals surface area (Å²) < 4.78 is 5.53. The van der Waals surface area contributed by atoms with Gasteiger partial charge in [-0.05, 0) is 24.6 Å². The monoisotopic (exact) mass is 373 g/mol. The van der Waals surface area contributed by atoms with Crippen LogP contribution in [0.15, 0.2) is 89.9 Å². The highest BCUT2D eigenvalue weighted by molar-refractivity contribution is 6.13. The molecular formula is C24H23NO3. The number of carboxylic acids is 1. The smallest absolute Gasteiger partial charge is 0.328 e. The van der Waals surface area contributed by atoms with Gasteiger partial charge < -0.3 is 9.84 Å². The number of nitrogens with zero attached hydrogens (tertiary/aromatic N) is 1. The van der Waals surface area contributed by atoms with E-state index in [0.29, 0.717) is 18.7 Å². The Balaban J connectivity index is 1.98. The van der Waals surface area contributed by atoms with Crippen molar-refractivity contribution in [3.63, 3.8) is 0 Å². The molecule has 4 nitrogen and oxygen atoms in total. The molecule has 1 N–H and O–H groups in total. The van der Waals surface area contributed by atoms with Crippen molar-refractivity contribution in [3.05, 3.63) is 102 Å². The van der Waals surface area contributed by atoms with Gasteiger partial charge in [0.1, 0.15) is 5.75 Å². The number of hydrogen-bond donors (Lipinski definition) is 1. The molecule has 1 unspecified atom stereocenters. The molecule has 3 rings (SSSR count). The van der Waals surface area contributed by atoms with Crippen molar-refractivity contribution < 1.29 is 14.6 Å². The van der Waals surface area contributed by atoms with Gasteiger partial charge in [0.2, 0.25) is 0 Å². The Hall–Kier alpha value is -3.40. The zero-order valence-corrected chi connectivity index (χ0v) is 15.8. The first-order chi connectivity index (χ1) is 13.7. The second-order valence-corrected chi connectivity index (χ2v) is 6.35. The van der Waals surface area contributed by atoms with Crippen molar-refractivity contribution in [2.24, 2.45) is 4.99 Å². The van der Waals surface area contributed by atoms with Crippen molar-refractivity contribution in [2.75, 3.05) is 6.61 Å². The van der Waals surface area contributed by atoms with Crippen LogP contribution in [0, 0.1) is 0 Å². The Morgan fingerprint density at radius 1 is 0.929 bits per heavy atom. The van der Waals surface area contributed by atoms with E-state index < -0.39 is 12.0 Å². The van der Waals surface area contributed by atoms with Crippen LogP contribution in [0.2, 0.25) is 0 Å². The highest BCUT2D eigenvalue weighted by Gasteiger charge is 2.19. The second-order valence-electron chi connectivity index (χ2n) is 6.35. The Bertz CT molecular complexity index is 895. The van der Waals surface area contributed by atoms with Gasteiger partial charge in [0.25, 0.3) is 0 Å². The molecule has 0 spiro atoms. The zero-order valence-electron chi connectivity index (χ0n) is 15.8. The van der Waals surface area contributed by atoms with Gasteiger partial charge in [-0.3, -0.25) is 4.99 Å². The molecule has 0 saturated heterocycles. The first-order valence-corrected chi connectivity index (χ1v) is 9.30. The van der Waals surface area contributed by atoms with Crippen LogP contribution in [0.3, 0.4) is 0 Å². The summed E-state index contributed by atoms with van der Waals surface area (Å²) in [6, 6.07) is 26.0. The minimum atomic E-state index is -0.953. The summed E-state index contributed by atoms with van der Waals surface area (Å²) in [5, 5.41) is 9.81. The minimum absolute atomic E-state index is 0.291. The van der Waals surface area contributed by atoms with Crippen molar-refractivity contribution >= 4 is 11.7 Å². The van der Waals surface area contributed by atoms with Crippen LogP contribution in [0.25, 0.3) is 0 Å². The average Bonchev–Trinajstić information content (AvgIpc) is 2.73. The van der Waals surface area contributed by atoms with Crippen LogP contribution >= 0.6 is 0 Å². The van der Waals surface area contributed by atoms with E-state index in [1.54, 1.807) is 0 Å². The molecule has 0 aliphatic rings. The number of aliphatic imine (C=N–C) groups is 1. The highest BCUT2D eigenvalue weighted by atomic mass is 16.5. The van der Waals surface area contributed by atoms with E-state index in [1.165, 1.54) is 0 Å². The molecule has 28 heavy (non-hydrogen) atoms. The van der Waals surface area contributed by atoms with E-state index in [4.69, 9.17) is 4.74 Å². The van der Waals surface area contributed by atoms with Gasteiger partial charge in [0.05, 0.1) is 12.3 Å². The van der Waals surface area contributed by atoms with Gasteiger partial charge in [0.15, 0.2) is 6.04 Å². The largest absolute Gasteiger partial charge is 0.494 e. The molecule has 0 radical (unpaired) electrons. The minimum Gasteiger partial charge on any atom is -0.494 e. The maximum atomic E-state index is 12.0. The summed E-state index contributed by atoms with van der Waals surface area (Å²) in [7, 11) is 0. The number of ether oxygens (including phenoxy) is 1. The molecule has 0 aliphatic carbocycles. The van der Waals surface area contributed by atoms with E-state index in [9.17, 15) is 9.90 Å². The lowest BCUT2D eigenvalue weighted by Gasteiger charge is -2.14. The van der Waals surface area contributed by atoms with Gasteiger partial charge in [0, 0.05) is 17.5 Å². The topological polar surface area (TPSA) is 58.9 Å². The van der Waals surface area contributed by atoms with Gasteiger partial charge in [-0.2, -0.15) is 0 Å². The van der Waals surface area contributed by atoms with Crippen molar-refractivity contribution in [1.82, 2.24) is 0 Å². The highest BCUT2D eigenvalue weighted by Crippen LogP contribution is 2.18. The lowest BCUT2D eigenvalue weighted by Crippen LogP contribution is -2.23. The van der Waals surface area contributed by atoms with Crippen molar-refractivity contribution in [3.8, 4) is 5.75 Å². The molecule has 3 aromatic rings. The molecule has 1 atom stereocenters. The van der Waals surface area contributed by atoms with Crippen molar-refractivity contribution in [2.45, 2.75) is 19.4 Å². The first-order valence-electron chi connectivity index (χ1n) is 9.30. The summed E-state index contributed by atoms with van der Waals surface area (Å²) in [6.07, 6.45) is 0.291. The van der Waals surface area contributed by atoms with E-state index in [0.717, 1.165) is 22.4 Å². The van der Waals surface area contributed by atoms with Crippen LogP contribution < -0.4 is 4.74 Å². The van der Waals surface area contributed by atoms with E-state index in [1.807, 2.05) is 91.9 Å². The number of benzene rings is 3. The van der Waals surface area contributed by atoms with Crippen LogP contribution in [-0.4, -0.2) is 29.4 Å². The molecule has 0 heterocycles. The fraction of sp³-hybridized carbons (Fsp3) is 0.167. The quantitative estimate of drug-likeness (QED) is 0.586. The number of carbonyl (C=O) groups is 1. The first kappa shape index (κ1) is 19.4. The Morgan fingerprint density at radius 2 is 1.54 bits per heavy atom. The molecule has 0 bridgehead atoms. The predicted molar refractivity (Wildman–Crippen MR) is 111 cm³/mol. The van der Waals surface area contributed by atoms with E-state index in [-0.39, 0.29) is 0 Å². The number of carboxylic acid groups (broad SMARTS) is 1. The number of rotatable bonds is 8. The third-order valence-corrected chi connectivity index (χ3v) is 4.30. The maximum absolute atomic E-state index is 12.0. The van der Waals surface area contributed by atoms with Crippen LogP contribution in [0.4, 0.5) is 0 Å². The molecule has 3 aromatic carbocycles. The third-order valence-electron chi connectivity index (χ3n) is 4.30. The molecule has 0 aromatic heterocycles. The SMILES string of the molecule is CCOc1cccc(CC(N=C(c2ccccc2)c2ccccc2)C(=O)O)c1. The normalized spacial score (nSPS) is 11.5. The predicted octanol–water partition coefficient (Wildman–Crippen LogP) is 4.62. The fourth-order valence-electron chi connectivity index (χ4n) is 3.00. The lowest BCUT2D eigenvalue weighted by molar-refractivity contribution is -0.138. The molecule has 142 valence electrons. The number of aliphatic carboxylic acids is 1. The zero-order chi connectivity index (χ0) is 19.8.